The lowest BCUT2D eigenvalue weighted by Gasteiger charge is -2.13. The van der Waals surface area contributed by atoms with E-state index < -0.39 is 11.9 Å². The van der Waals surface area contributed by atoms with E-state index in [4.69, 9.17) is 9.84 Å². The van der Waals surface area contributed by atoms with Gasteiger partial charge in [-0.3, -0.25) is 4.79 Å². The first kappa shape index (κ1) is 10.3. The lowest BCUT2D eigenvalue weighted by molar-refractivity contribution is -0.138. The second-order valence-corrected chi connectivity index (χ2v) is 2.71. The highest BCUT2D eigenvalue weighted by atomic mass is 16.5. The molecule has 0 radical (unpaired) electrons. The molecule has 0 saturated heterocycles. The molecule has 0 aromatic rings. The Morgan fingerprint density at radius 3 is 2.93 bits per heavy atom. The minimum absolute atomic E-state index is 0.0865. The van der Waals surface area contributed by atoms with Gasteiger partial charge in [0.05, 0.1) is 12.2 Å². The Morgan fingerprint density at radius 2 is 2.43 bits per heavy atom. The minimum Gasteiger partial charge on any atom is -0.494 e. The van der Waals surface area contributed by atoms with Crippen LogP contribution >= 0.6 is 0 Å². The van der Waals surface area contributed by atoms with Crippen molar-refractivity contribution in [2.45, 2.75) is 6.92 Å². The number of carboxylic acid groups (broad SMARTS) is 1. The number of rotatable bonds is 3. The summed E-state index contributed by atoms with van der Waals surface area (Å²) < 4.78 is 5.12. The van der Waals surface area contributed by atoms with Crippen LogP contribution in [-0.2, 0) is 14.3 Å². The molecule has 0 spiro atoms. The average molecular weight is 194 g/mol. The second-order valence-electron chi connectivity index (χ2n) is 2.71. The van der Waals surface area contributed by atoms with Crippen molar-refractivity contribution < 1.29 is 19.4 Å². The van der Waals surface area contributed by atoms with Crippen molar-refractivity contribution in [3.63, 3.8) is 0 Å². The van der Waals surface area contributed by atoms with Crippen molar-refractivity contribution in [3.8, 4) is 0 Å². The Balaban J connectivity index is 2.91. The predicted octanol–water partition coefficient (Wildman–Crippen LogP) is 0.935. The monoisotopic (exact) mass is 194 g/mol. The number of hydrogen-bond donors (Lipinski definition) is 1. The normalized spacial score (nSPS) is 19.9. The molecule has 0 aromatic carbocycles. The second kappa shape index (κ2) is 4.44. The fourth-order valence-electron chi connectivity index (χ4n) is 1.15. The number of carbonyl (C=O) groups is 1. The minimum atomic E-state index is -1.06. The quantitative estimate of drug-likeness (QED) is 0.679. The molecular weight excluding hydrogens is 184 g/mol. The van der Waals surface area contributed by atoms with Crippen molar-refractivity contribution in [2.24, 2.45) is 5.92 Å². The Bertz CT molecular complexity index is 345. The van der Waals surface area contributed by atoms with Crippen molar-refractivity contribution in [1.82, 2.24) is 0 Å². The molecule has 74 valence electrons. The molecule has 1 N–H and O–H groups in total. The maximum atomic E-state index is 10.7. The first-order valence-electron chi connectivity index (χ1n) is 4.19. The molecule has 1 aliphatic carbocycles. The maximum Gasteiger partial charge on any atom is 0.315 e. The molecule has 0 bridgehead atoms. The molecule has 0 saturated carbocycles. The van der Waals surface area contributed by atoms with Gasteiger partial charge in [0.1, 0.15) is 17.6 Å². The Kier molecular flexibility index (Phi) is 3.26. The first-order chi connectivity index (χ1) is 6.69. The van der Waals surface area contributed by atoms with E-state index in [9.17, 15) is 9.59 Å². The van der Waals surface area contributed by atoms with Gasteiger partial charge >= 0.3 is 5.97 Å². The van der Waals surface area contributed by atoms with Gasteiger partial charge in [-0.05, 0) is 19.1 Å². The summed E-state index contributed by atoms with van der Waals surface area (Å²) in [6.45, 7) is 2.28. The highest BCUT2D eigenvalue weighted by molar-refractivity contribution is 5.82. The molecule has 1 aliphatic rings. The van der Waals surface area contributed by atoms with E-state index in [0.717, 1.165) is 0 Å². The summed E-state index contributed by atoms with van der Waals surface area (Å²) in [5.41, 5.74) is 0.0865. The standard InChI is InChI=1S/C10H10O4/c1-2-14-8-3-4-9(10(12)13)7(5-8)6-11/h3-5,9H,2H2,1H3,(H,12,13). The molecular formula is C10H10O4. The van der Waals surface area contributed by atoms with Crippen LogP contribution in [0, 0.1) is 5.92 Å². The smallest absolute Gasteiger partial charge is 0.315 e. The van der Waals surface area contributed by atoms with Gasteiger partial charge in [0.25, 0.3) is 0 Å². The van der Waals surface area contributed by atoms with Crippen LogP contribution in [0.5, 0.6) is 0 Å². The number of carboxylic acids is 1. The van der Waals surface area contributed by atoms with Crippen molar-refractivity contribution in [3.05, 3.63) is 29.6 Å². The van der Waals surface area contributed by atoms with E-state index in [1.807, 2.05) is 6.92 Å². The largest absolute Gasteiger partial charge is 0.494 e. The number of carbonyl (C=O) groups excluding carboxylic acids is 1. The van der Waals surface area contributed by atoms with Crippen LogP contribution in [0.25, 0.3) is 0 Å². The summed E-state index contributed by atoms with van der Waals surface area (Å²) in [6.07, 6.45) is 4.35. The average Bonchev–Trinajstić information content (AvgIpc) is 2.17. The van der Waals surface area contributed by atoms with E-state index in [1.165, 1.54) is 12.2 Å². The summed E-state index contributed by atoms with van der Waals surface area (Å²) in [4.78, 5) is 21.1. The van der Waals surface area contributed by atoms with E-state index in [1.54, 1.807) is 12.0 Å². The van der Waals surface area contributed by atoms with E-state index in [0.29, 0.717) is 12.4 Å². The SMILES string of the molecule is CCOC1=CC(=C=O)C(C(=O)O)C=C1. The van der Waals surface area contributed by atoms with Gasteiger partial charge in [-0.1, -0.05) is 6.08 Å². The van der Waals surface area contributed by atoms with Crippen molar-refractivity contribution in [2.75, 3.05) is 6.61 Å². The molecule has 1 unspecified atom stereocenters. The van der Waals surface area contributed by atoms with Crippen molar-refractivity contribution in [1.29, 1.82) is 0 Å². The molecule has 14 heavy (non-hydrogen) atoms. The highest BCUT2D eigenvalue weighted by Crippen LogP contribution is 2.20. The molecule has 4 nitrogen and oxygen atoms in total. The molecule has 1 rings (SSSR count). The zero-order valence-electron chi connectivity index (χ0n) is 7.69. The van der Waals surface area contributed by atoms with Crippen molar-refractivity contribution >= 4 is 11.9 Å². The third kappa shape index (κ3) is 2.12. The lowest BCUT2D eigenvalue weighted by atomic mass is 9.95. The molecule has 0 fully saturated rings. The van der Waals surface area contributed by atoms with Gasteiger partial charge in [0, 0.05) is 0 Å². The van der Waals surface area contributed by atoms with Crippen LogP contribution in [0.3, 0.4) is 0 Å². The van der Waals surface area contributed by atoms with E-state index in [2.05, 4.69) is 0 Å². The van der Waals surface area contributed by atoms with Gasteiger partial charge in [-0.25, -0.2) is 4.79 Å². The topological polar surface area (TPSA) is 63.6 Å². The molecule has 0 heterocycles. The van der Waals surface area contributed by atoms with Crippen LogP contribution in [0.15, 0.2) is 29.6 Å². The van der Waals surface area contributed by atoms with Gasteiger partial charge in [0.15, 0.2) is 0 Å². The van der Waals surface area contributed by atoms with Crippen LogP contribution in [-0.4, -0.2) is 23.6 Å². The summed E-state index contributed by atoms with van der Waals surface area (Å²) >= 11 is 0. The van der Waals surface area contributed by atoms with Gasteiger partial charge in [-0.15, -0.1) is 0 Å². The molecule has 4 heteroatoms. The van der Waals surface area contributed by atoms with E-state index >= 15 is 0 Å². The molecule has 1 atom stereocenters. The number of allylic oxidation sites excluding steroid dienone is 2. The molecule has 0 aliphatic heterocycles. The third-order valence-corrected chi connectivity index (χ3v) is 1.78. The molecule has 0 amide bonds. The van der Waals surface area contributed by atoms with Gasteiger partial charge in [0.2, 0.25) is 0 Å². The van der Waals surface area contributed by atoms with Crippen LogP contribution in [0.1, 0.15) is 6.92 Å². The summed E-state index contributed by atoms with van der Waals surface area (Å²) in [5, 5.41) is 8.73. The lowest BCUT2D eigenvalue weighted by Crippen LogP contribution is -2.16. The fourth-order valence-corrected chi connectivity index (χ4v) is 1.15. The summed E-state index contributed by atoms with van der Waals surface area (Å²) in [7, 11) is 0. The highest BCUT2D eigenvalue weighted by Gasteiger charge is 2.22. The zero-order chi connectivity index (χ0) is 10.6. The van der Waals surface area contributed by atoms with E-state index in [-0.39, 0.29) is 5.57 Å². The van der Waals surface area contributed by atoms with Gasteiger partial charge in [-0.2, -0.15) is 0 Å². The number of aliphatic carboxylic acids is 1. The zero-order valence-corrected chi connectivity index (χ0v) is 7.69. The maximum absolute atomic E-state index is 10.7. The van der Waals surface area contributed by atoms with Crippen LogP contribution in [0.2, 0.25) is 0 Å². The predicted molar refractivity (Wildman–Crippen MR) is 49.2 cm³/mol. The Labute approximate surface area is 81.2 Å². The summed E-state index contributed by atoms with van der Waals surface area (Å²) in [6, 6.07) is 0. The Hall–Kier alpha value is -1.80. The van der Waals surface area contributed by atoms with Crippen LogP contribution in [0.4, 0.5) is 0 Å². The summed E-state index contributed by atoms with van der Waals surface area (Å²) in [5.74, 6) is 0.122. The first-order valence-corrected chi connectivity index (χ1v) is 4.19. The number of hydrogen-bond acceptors (Lipinski definition) is 3. The fraction of sp³-hybridized carbons (Fsp3) is 0.300. The Morgan fingerprint density at radius 1 is 1.71 bits per heavy atom. The third-order valence-electron chi connectivity index (χ3n) is 1.78. The van der Waals surface area contributed by atoms with Crippen LogP contribution < -0.4 is 0 Å². The molecule has 0 aromatic heterocycles. The van der Waals surface area contributed by atoms with Gasteiger partial charge < -0.3 is 9.84 Å². The number of ether oxygens (including phenoxy) is 1.